The number of carbonyl (C=O) groups excluding carboxylic acids is 1. The fourth-order valence-corrected chi connectivity index (χ4v) is 3.40. The maximum atomic E-state index is 13.3. The van der Waals surface area contributed by atoms with Crippen molar-refractivity contribution in [3.05, 3.63) is 96.1 Å². The molecule has 0 saturated carbocycles. The number of nitrogens with zero attached hydrogens (tertiary/aromatic N) is 3. The fraction of sp³-hybridized carbons (Fsp3) is 0.179. The maximum Gasteiger partial charge on any atom is 0.416 e. The van der Waals surface area contributed by atoms with Crippen molar-refractivity contribution in [1.82, 2.24) is 14.8 Å². The van der Waals surface area contributed by atoms with E-state index in [1.54, 1.807) is 30.3 Å². The number of rotatable bonds is 8. The number of alkyl halides is 3. The van der Waals surface area contributed by atoms with Crippen LogP contribution >= 0.6 is 0 Å². The van der Waals surface area contributed by atoms with Crippen LogP contribution in [0.5, 0.6) is 6.01 Å². The van der Waals surface area contributed by atoms with Crippen LogP contribution in [0.2, 0.25) is 0 Å². The summed E-state index contributed by atoms with van der Waals surface area (Å²) in [6.07, 6.45) is -1.35. The molecule has 1 aromatic heterocycles. The Balaban J connectivity index is 1.59. The molecule has 0 saturated heterocycles. The number of amides is 1. The minimum atomic E-state index is -4.49. The molecule has 1 heterocycles. The number of benzene rings is 3. The monoisotopic (exact) mass is 506 g/mol. The molecule has 0 aliphatic rings. The molecule has 0 aliphatic heterocycles. The third-order valence-electron chi connectivity index (χ3n) is 5.19. The number of halogens is 3. The van der Waals surface area contributed by atoms with Gasteiger partial charge in [-0.2, -0.15) is 18.2 Å². The molecule has 1 amide bonds. The fourth-order valence-electron chi connectivity index (χ4n) is 3.40. The van der Waals surface area contributed by atoms with Gasteiger partial charge in [0.25, 0.3) is 0 Å². The molecule has 0 radical (unpaired) electrons. The Morgan fingerprint density at radius 1 is 1.03 bits per heavy atom. The first-order valence-electron chi connectivity index (χ1n) is 11.6. The van der Waals surface area contributed by atoms with Gasteiger partial charge in [-0.3, -0.25) is 4.79 Å². The standard InChI is InChI=1S/C28H25F3N4O2/c1-19(2)18-37-27-33-26(21-9-6-10-22(17-21)28(29,30)31)35(34-27)24-14-12-23(13-15-24)32-25(36)16-11-20-7-4-3-5-8-20/h3-17,19H,18H2,1-2H3,(H,32,36)/b16-11+. The van der Waals surface area contributed by atoms with Gasteiger partial charge in [-0.15, -0.1) is 5.10 Å². The number of carbonyl (C=O) groups is 1. The van der Waals surface area contributed by atoms with Gasteiger partial charge in [0.15, 0.2) is 5.82 Å². The van der Waals surface area contributed by atoms with E-state index in [0.29, 0.717) is 18.0 Å². The van der Waals surface area contributed by atoms with Gasteiger partial charge in [-0.25, -0.2) is 4.68 Å². The van der Waals surface area contributed by atoms with Crippen LogP contribution in [0.3, 0.4) is 0 Å². The molecule has 0 aliphatic carbocycles. The second-order valence-electron chi connectivity index (χ2n) is 8.69. The highest BCUT2D eigenvalue weighted by molar-refractivity contribution is 6.01. The normalized spacial score (nSPS) is 11.7. The van der Waals surface area contributed by atoms with Crippen molar-refractivity contribution in [3.8, 4) is 23.1 Å². The molecule has 6 nitrogen and oxygen atoms in total. The molecule has 3 aromatic carbocycles. The van der Waals surface area contributed by atoms with Crippen LogP contribution in [-0.2, 0) is 11.0 Å². The summed E-state index contributed by atoms with van der Waals surface area (Å²) in [5.41, 5.74) is 1.44. The molecule has 1 N–H and O–H groups in total. The van der Waals surface area contributed by atoms with Crippen molar-refractivity contribution < 1.29 is 22.7 Å². The molecule has 4 rings (SSSR count). The molecule has 0 unspecified atom stereocenters. The molecule has 0 spiro atoms. The van der Waals surface area contributed by atoms with Crippen LogP contribution < -0.4 is 10.1 Å². The lowest BCUT2D eigenvalue weighted by atomic mass is 10.1. The summed E-state index contributed by atoms with van der Waals surface area (Å²) in [4.78, 5) is 16.6. The lowest BCUT2D eigenvalue weighted by Gasteiger charge is -2.10. The third kappa shape index (κ3) is 6.84. The third-order valence-corrected chi connectivity index (χ3v) is 5.19. The highest BCUT2D eigenvalue weighted by Crippen LogP contribution is 2.33. The van der Waals surface area contributed by atoms with Gasteiger partial charge in [0.2, 0.25) is 5.91 Å². The molecule has 0 bridgehead atoms. The summed E-state index contributed by atoms with van der Waals surface area (Å²) in [6, 6.07) is 21.1. The van der Waals surface area contributed by atoms with Crippen molar-refractivity contribution in [2.45, 2.75) is 20.0 Å². The Morgan fingerprint density at radius 2 is 1.76 bits per heavy atom. The van der Waals surface area contributed by atoms with Crippen LogP contribution in [0.15, 0.2) is 84.9 Å². The average Bonchev–Trinajstić information content (AvgIpc) is 3.31. The molecule has 37 heavy (non-hydrogen) atoms. The average molecular weight is 507 g/mol. The van der Waals surface area contributed by atoms with E-state index in [0.717, 1.165) is 17.7 Å². The van der Waals surface area contributed by atoms with Crippen LogP contribution in [0.1, 0.15) is 25.0 Å². The maximum absolute atomic E-state index is 13.3. The second-order valence-corrected chi connectivity index (χ2v) is 8.69. The summed E-state index contributed by atoms with van der Waals surface area (Å²) >= 11 is 0. The predicted molar refractivity (Wildman–Crippen MR) is 136 cm³/mol. The SMILES string of the molecule is CC(C)COc1nc(-c2cccc(C(F)(F)F)c2)n(-c2ccc(NC(=O)/C=C/c3ccccc3)cc2)n1. The Kier molecular flexibility index (Phi) is 7.71. The highest BCUT2D eigenvalue weighted by Gasteiger charge is 2.31. The van der Waals surface area contributed by atoms with Crippen LogP contribution in [0, 0.1) is 5.92 Å². The van der Waals surface area contributed by atoms with Crippen LogP contribution in [0.4, 0.5) is 18.9 Å². The van der Waals surface area contributed by atoms with E-state index in [1.807, 2.05) is 44.2 Å². The first-order valence-corrected chi connectivity index (χ1v) is 11.6. The largest absolute Gasteiger partial charge is 0.462 e. The molecule has 9 heteroatoms. The Morgan fingerprint density at radius 3 is 2.43 bits per heavy atom. The Hall–Kier alpha value is -4.40. The number of aromatic nitrogens is 3. The van der Waals surface area contributed by atoms with E-state index < -0.39 is 11.7 Å². The first kappa shape index (κ1) is 25.7. The Bertz CT molecular complexity index is 1380. The van der Waals surface area contributed by atoms with Gasteiger partial charge in [0.1, 0.15) is 0 Å². The molecule has 4 aromatic rings. The van der Waals surface area contributed by atoms with Crippen molar-refractivity contribution in [2.75, 3.05) is 11.9 Å². The zero-order valence-corrected chi connectivity index (χ0v) is 20.2. The molecular weight excluding hydrogens is 481 g/mol. The zero-order valence-electron chi connectivity index (χ0n) is 20.2. The summed E-state index contributed by atoms with van der Waals surface area (Å²) in [5.74, 6) is 0.113. The summed E-state index contributed by atoms with van der Waals surface area (Å²) < 4.78 is 47.0. The smallest absolute Gasteiger partial charge is 0.416 e. The lowest BCUT2D eigenvalue weighted by molar-refractivity contribution is -0.137. The summed E-state index contributed by atoms with van der Waals surface area (Å²) in [5, 5.41) is 7.16. The number of nitrogens with one attached hydrogen (secondary N) is 1. The molecular formula is C28H25F3N4O2. The van der Waals surface area contributed by atoms with Crippen LogP contribution in [-0.4, -0.2) is 27.3 Å². The zero-order chi connectivity index (χ0) is 26.4. The van der Waals surface area contributed by atoms with Gasteiger partial charge in [0.05, 0.1) is 17.9 Å². The number of hydrogen-bond donors (Lipinski definition) is 1. The lowest BCUT2D eigenvalue weighted by Crippen LogP contribution is -2.08. The minimum absolute atomic E-state index is 0.0598. The van der Waals surface area contributed by atoms with E-state index in [4.69, 9.17) is 4.74 Å². The highest BCUT2D eigenvalue weighted by atomic mass is 19.4. The van der Waals surface area contributed by atoms with Crippen LogP contribution in [0.25, 0.3) is 23.2 Å². The van der Waals surface area contributed by atoms with Gasteiger partial charge < -0.3 is 10.1 Å². The first-order chi connectivity index (χ1) is 17.7. The molecule has 0 fully saturated rings. The van der Waals surface area contributed by atoms with Crippen molar-refractivity contribution in [2.24, 2.45) is 5.92 Å². The van der Waals surface area contributed by atoms with Gasteiger partial charge in [-0.05, 0) is 54.0 Å². The van der Waals surface area contributed by atoms with E-state index in [1.165, 1.54) is 22.9 Å². The van der Waals surface area contributed by atoms with E-state index in [9.17, 15) is 18.0 Å². The van der Waals surface area contributed by atoms with E-state index in [-0.39, 0.29) is 29.2 Å². The second kappa shape index (κ2) is 11.1. The van der Waals surface area contributed by atoms with Gasteiger partial charge >= 0.3 is 12.2 Å². The van der Waals surface area contributed by atoms with Crippen molar-refractivity contribution in [1.29, 1.82) is 0 Å². The van der Waals surface area contributed by atoms with Gasteiger partial charge in [-0.1, -0.05) is 56.3 Å². The van der Waals surface area contributed by atoms with E-state index in [2.05, 4.69) is 15.4 Å². The molecule has 0 atom stereocenters. The minimum Gasteiger partial charge on any atom is -0.462 e. The topological polar surface area (TPSA) is 69.0 Å². The molecule has 190 valence electrons. The van der Waals surface area contributed by atoms with E-state index >= 15 is 0 Å². The van der Waals surface area contributed by atoms with Crippen molar-refractivity contribution in [3.63, 3.8) is 0 Å². The number of hydrogen-bond acceptors (Lipinski definition) is 4. The number of anilines is 1. The summed E-state index contributed by atoms with van der Waals surface area (Å²) in [7, 11) is 0. The van der Waals surface area contributed by atoms with Gasteiger partial charge in [0, 0.05) is 17.3 Å². The quantitative estimate of drug-likeness (QED) is 0.272. The van der Waals surface area contributed by atoms with Crippen molar-refractivity contribution >= 4 is 17.7 Å². The number of ether oxygens (including phenoxy) is 1. The predicted octanol–water partition coefficient (Wildman–Crippen LogP) is 6.64. The Labute approximate surface area is 212 Å². The summed E-state index contributed by atoms with van der Waals surface area (Å²) in [6.45, 7) is 4.28.